The number of benzene rings is 2. The fourth-order valence-electron chi connectivity index (χ4n) is 2.15. The SMILES string of the molecule is COc1ccc(Br)c(CC(CBr)c2ccccc2Cl)c1. The Hall–Kier alpha value is -0.510. The number of methoxy groups -OCH3 is 1. The standard InChI is InChI=1S/C16H15Br2ClO/c1-20-13-6-7-15(18)11(9-13)8-12(10-17)14-4-2-3-5-16(14)19/h2-7,9,12H,8,10H2,1H3. The lowest BCUT2D eigenvalue weighted by Crippen LogP contribution is -2.06. The fraction of sp³-hybridized carbons (Fsp3) is 0.250. The molecule has 0 bridgehead atoms. The van der Waals surface area contributed by atoms with Crippen LogP contribution in [0.2, 0.25) is 5.02 Å². The molecule has 2 rings (SSSR count). The van der Waals surface area contributed by atoms with Gasteiger partial charge >= 0.3 is 0 Å². The van der Waals surface area contributed by atoms with Crippen molar-refractivity contribution in [3.63, 3.8) is 0 Å². The number of rotatable bonds is 5. The molecule has 0 aliphatic carbocycles. The van der Waals surface area contributed by atoms with E-state index in [0.717, 1.165) is 27.0 Å². The van der Waals surface area contributed by atoms with E-state index in [-0.39, 0.29) is 0 Å². The van der Waals surface area contributed by atoms with Gasteiger partial charge in [-0.25, -0.2) is 0 Å². The minimum Gasteiger partial charge on any atom is -0.497 e. The molecule has 106 valence electrons. The second kappa shape index (κ2) is 7.48. The third kappa shape index (κ3) is 3.78. The maximum Gasteiger partial charge on any atom is 0.119 e. The largest absolute Gasteiger partial charge is 0.497 e. The van der Waals surface area contributed by atoms with Crippen LogP contribution in [0, 0.1) is 0 Å². The molecule has 20 heavy (non-hydrogen) atoms. The predicted octanol–water partition coefficient (Wildman–Crippen LogP) is 5.83. The highest BCUT2D eigenvalue weighted by molar-refractivity contribution is 9.10. The molecule has 0 fully saturated rings. The van der Waals surface area contributed by atoms with Gasteiger partial charge in [0.25, 0.3) is 0 Å². The topological polar surface area (TPSA) is 9.23 Å². The monoisotopic (exact) mass is 416 g/mol. The quantitative estimate of drug-likeness (QED) is 0.555. The normalized spacial score (nSPS) is 12.2. The van der Waals surface area contributed by atoms with Crippen molar-refractivity contribution in [3.8, 4) is 5.75 Å². The van der Waals surface area contributed by atoms with E-state index in [9.17, 15) is 0 Å². The number of halogens is 3. The molecule has 0 spiro atoms. The van der Waals surface area contributed by atoms with E-state index >= 15 is 0 Å². The summed E-state index contributed by atoms with van der Waals surface area (Å²) in [6.07, 6.45) is 0.896. The highest BCUT2D eigenvalue weighted by Crippen LogP contribution is 2.32. The molecular formula is C16H15Br2ClO. The molecule has 1 unspecified atom stereocenters. The Morgan fingerprint density at radius 2 is 1.95 bits per heavy atom. The maximum atomic E-state index is 6.31. The van der Waals surface area contributed by atoms with Crippen LogP contribution in [0.3, 0.4) is 0 Å². The molecule has 0 radical (unpaired) electrons. The van der Waals surface area contributed by atoms with Crippen LogP contribution in [0.25, 0.3) is 0 Å². The summed E-state index contributed by atoms with van der Waals surface area (Å²) in [5.41, 5.74) is 2.38. The lowest BCUT2D eigenvalue weighted by molar-refractivity contribution is 0.414. The van der Waals surface area contributed by atoms with E-state index in [1.807, 2.05) is 30.3 Å². The summed E-state index contributed by atoms with van der Waals surface area (Å²) < 4.78 is 6.39. The molecule has 4 heteroatoms. The summed E-state index contributed by atoms with van der Waals surface area (Å²) in [6, 6.07) is 14.0. The van der Waals surface area contributed by atoms with Crippen LogP contribution < -0.4 is 4.74 Å². The highest BCUT2D eigenvalue weighted by atomic mass is 79.9. The molecule has 0 aromatic heterocycles. The van der Waals surface area contributed by atoms with Crippen molar-refractivity contribution in [1.82, 2.24) is 0 Å². The van der Waals surface area contributed by atoms with Crippen LogP contribution in [-0.4, -0.2) is 12.4 Å². The Bertz CT molecular complexity index is 586. The van der Waals surface area contributed by atoms with Crippen LogP contribution in [-0.2, 0) is 6.42 Å². The van der Waals surface area contributed by atoms with Crippen LogP contribution >= 0.6 is 43.5 Å². The summed E-state index contributed by atoms with van der Waals surface area (Å²) in [7, 11) is 1.68. The predicted molar refractivity (Wildman–Crippen MR) is 92.4 cm³/mol. The fourth-order valence-corrected chi connectivity index (χ4v) is 3.43. The molecule has 0 saturated carbocycles. The Morgan fingerprint density at radius 1 is 1.20 bits per heavy atom. The zero-order valence-corrected chi connectivity index (χ0v) is 15.0. The van der Waals surface area contributed by atoms with Crippen molar-refractivity contribution >= 4 is 43.5 Å². The second-order valence-electron chi connectivity index (χ2n) is 4.53. The van der Waals surface area contributed by atoms with Gasteiger partial charge in [-0.3, -0.25) is 0 Å². The number of ether oxygens (including phenoxy) is 1. The van der Waals surface area contributed by atoms with Crippen molar-refractivity contribution in [2.45, 2.75) is 12.3 Å². The van der Waals surface area contributed by atoms with Crippen LogP contribution in [0.4, 0.5) is 0 Å². The first-order valence-corrected chi connectivity index (χ1v) is 8.57. The lowest BCUT2D eigenvalue weighted by atomic mass is 9.93. The zero-order valence-electron chi connectivity index (χ0n) is 11.1. The summed E-state index contributed by atoms with van der Waals surface area (Å²) in [5, 5.41) is 1.68. The van der Waals surface area contributed by atoms with Gasteiger partial charge in [0.05, 0.1) is 7.11 Å². The Morgan fingerprint density at radius 3 is 2.60 bits per heavy atom. The van der Waals surface area contributed by atoms with E-state index in [1.54, 1.807) is 7.11 Å². The Balaban J connectivity index is 2.29. The van der Waals surface area contributed by atoms with Crippen molar-refractivity contribution < 1.29 is 4.74 Å². The molecule has 0 heterocycles. The summed E-state index contributed by atoms with van der Waals surface area (Å²) in [5.74, 6) is 1.20. The average Bonchev–Trinajstić information content (AvgIpc) is 2.47. The smallest absolute Gasteiger partial charge is 0.119 e. The number of hydrogen-bond donors (Lipinski definition) is 0. The van der Waals surface area contributed by atoms with Gasteiger partial charge in [0.2, 0.25) is 0 Å². The highest BCUT2D eigenvalue weighted by Gasteiger charge is 2.16. The van der Waals surface area contributed by atoms with Crippen LogP contribution in [0.5, 0.6) is 5.75 Å². The van der Waals surface area contributed by atoms with Crippen molar-refractivity contribution in [3.05, 3.63) is 63.1 Å². The molecule has 0 aliphatic heterocycles. The van der Waals surface area contributed by atoms with Gasteiger partial charge < -0.3 is 4.74 Å². The summed E-state index contributed by atoms with van der Waals surface area (Å²) >= 11 is 13.5. The third-order valence-corrected chi connectivity index (χ3v) is 5.15. The van der Waals surface area contributed by atoms with Gasteiger partial charge in [-0.1, -0.05) is 61.7 Å². The summed E-state index contributed by atoms with van der Waals surface area (Å²) in [4.78, 5) is 0. The van der Waals surface area contributed by atoms with Crippen LogP contribution in [0.1, 0.15) is 17.0 Å². The van der Waals surface area contributed by atoms with Gasteiger partial charge in [-0.05, 0) is 47.7 Å². The molecular weight excluding hydrogens is 403 g/mol. The molecule has 1 atom stereocenters. The van der Waals surface area contributed by atoms with E-state index in [2.05, 4.69) is 44.0 Å². The molecule has 0 aliphatic rings. The van der Waals surface area contributed by atoms with Gasteiger partial charge in [-0.2, -0.15) is 0 Å². The van der Waals surface area contributed by atoms with E-state index < -0.39 is 0 Å². The van der Waals surface area contributed by atoms with Gasteiger partial charge in [0, 0.05) is 14.8 Å². The van der Waals surface area contributed by atoms with E-state index in [1.165, 1.54) is 11.1 Å². The molecule has 0 amide bonds. The molecule has 0 saturated heterocycles. The van der Waals surface area contributed by atoms with Gasteiger partial charge in [0.15, 0.2) is 0 Å². The molecule has 0 N–H and O–H groups in total. The van der Waals surface area contributed by atoms with Crippen LogP contribution in [0.15, 0.2) is 46.9 Å². The molecule has 2 aromatic rings. The average molecular weight is 419 g/mol. The molecule has 1 nitrogen and oxygen atoms in total. The van der Waals surface area contributed by atoms with E-state index in [0.29, 0.717) is 5.92 Å². The Kier molecular flexibility index (Phi) is 5.94. The minimum absolute atomic E-state index is 0.326. The third-order valence-electron chi connectivity index (χ3n) is 3.25. The first kappa shape index (κ1) is 15.9. The first-order chi connectivity index (χ1) is 9.65. The van der Waals surface area contributed by atoms with Crippen molar-refractivity contribution in [2.24, 2.45) is 0 Å². The van der Waals surface area contributed by atoms with Crippen molar-refractivity contribution in [1.29, 1.82) is 0 Å². The Labute approximate surface area is 141 Å². The van der Waals surface area contributed by atoms with Gasteiger partial charge in [-0.15, -0.1) is 0 Å². The molecule has 2 aromatic carbocycles. The maximum absolute atomic E-state index is 6.31. The van der Waals surface area contributed by atoms with E-state index in [4.69, 9.17) is 16.3 Å². The lowest BCUT2D eigenvalue weighted by Gasteiger charge is -2.17. The van der Waals surface area contributed by atoms with Crippen molar-refractivity contribution in [2.75, 3.05) is 12.4 Å². The second-order valence-corrected chi connectivity index (χ2v) is 6.44. The zero-order chi connectivity index (χ0) is 14.5. The minimum atomic E-state index is 0.326. The number of alkyl halides is 1. The van der Waals surface area contributed by atoms with Gasteiger partial charge in [0.1, 0.15) is 5.75 Å². The number of hydrogen-bond acceptors (Lipinski definition) is 1. The summed E-state index contributed by atoms with van der Waals surface area (Å²) in [6.45, 7) is 0. The first-order valence-electron chi connectivity index (χ1n) is 6.28.